The van der Waals surface area contributed by atoms with Gasteiger partial charge in [0.15, 0.2) is 5.82 Å². The second-order valence-electron chi connectivity index (χ2n) is 13.3. The van der Waals surface area contributed by atoms with E-state index in [9.17, 15) is 19.2 Å². The van der Waals surface area contributed by atoms with Crippen molar-refractivity contribution in [2.45, 2.75) is 89.9 Å². The number of nitrogens with one attached hydrogen (secondary N) is 3. The smallest absolute Gasteiger partial charge is 0.408 e. The van der Waals surface area contributed by atoms with Crippen molar-refractivity contribution in [2.75, 3.05) is 5.32 Å². The lowest BCUT2D eigenvalue weighted by Gasteiger charge is -2.29. The molecule has 0 aliphatic heterocycles. The molecular weight excluding hydrogens is 594 g/mol. The van der Waals surface area contributed by atoms with E-state index in [4.69, 9.17) is 4.74 Å². The first kappa shape index (κ1) is 34.9. The standard InChI is InChI=1S/C37H45N5O5/c1-36(2,3)47-35(46)41-37(4,5)34(45)39-31(17-11-14-26-12-7-6-8-13-26)33(44)40-32-23-42(25-38-32)21-20-30(24-43)29-19-18-27-15-9-10-16-28(27)22-29/h6-10,12-13,15-16,18-19,22-25,30-31H,11,14,17,20-21H2,1-5H3,(H,39,45)(H,40,44)(H,41,46). The van der Waals surface area contributed by atoms with Crippen molar-refractivity contribution in [3.63, 3.8) is 0 Å². The maximum absolute atomic E-state index is 13.5. The highest BCUT2D eigenvalue weighted by Gasteiger charge is 2.34. The van der Waals surface area contributed by atoms with E-state index in [2.05, 4.69) is 20.9 Å². The molecule has 3 amide bonds. The molecule has 2 unspecified atom stereocenters. The van der Waals surface area contributed by atoms with E-state index in [1.165, 1.54) is 0 Å². The minimum Gasteiger partial charge on any atom is -0.444 e. The first-order chi connectivity index (χ1) is 22.3. The molecule has 4 rings (SSSR count). The minimum atomic E-state index is -1.35. The summed E-state index contributed by atoms with van der Waals surface area (Å²) in [4.78, 5) is 55.6. The maximum atomic E-state index is 13.5. The molecule has 1 aromatic heterocycles. The van der Waals surface area contributed by atoms with Gasteiger partial charge in [-0.1, -0.05) is 72.8 Å². The molecule has 2 atom stereocenters. The molecule has 0 spiro atoms. The van der Waals surface area contributed by atoms with Crippen LogP contribution >= 0.6 is 0 Å². The lowest BCUT2D eigenvalue weighted by molar-refractivity contribution is -0.130. The Kier molecular flexibility index (Phi) is 11.5. The van der Waals surface area contributed by atoms with Crippen LogP contribution in [-0.4, -0.2) is 50.9 Å². The highest BCUT2D eigenvalue weighted by atomic mass is 16.6. The Morgan fingerprint density at radius 3 is 2.32 bits per heavy atom. The van der Waals surface area contributed by atoms with Gasteiger partial charge >= 0.3 is 6.09 Å². The number of amides is 3. The summed E-state index contributed by atoms with van der Waals surface area (Å²) in [7, 11) is 0. The number of fused-ring (bicyclic) bond motifs is 1. The zero-order valence-electron chi connectivity index (χ0n) is 27.8. The largest absolute Gasteiger partial charge is 0.444 e. The molecule has 248 valence electrons. The molecule has 4 aromatic rings. The fraction of sp³-hybridized carbons (Fsp3) is 0.378. The number of carbonyl (C=O) groups is 4. The van der Waals surface area contributed by atoms with Crippen LogP contribution < -0.4 is 16.0 Å². The third-order valence-corrected chi connectivity index (χ3v) is 7.75. The average molecular weight is 640 g/mol. The number of benzene rings is 3. The van der Waals surface area contributed by atoms with E-state index < -0.39 is 35.1 Å². The van der Waals surface area contributed by atoms with Gasteiger partial charge in [0.05, 0.1) is 6.33 Å². The second kappa shape index (κ2) is 15.5. The van der Waals surface area contributed by atoms with E-state index in [1.54, 1.807) is 47.1 Å². The van der Waals surface area contributed by atoms with Crippen molar-refractivity contribution in [2.24, 2.45) is 0 Å². The summed E-state index contributed by atoms with van der Waals surface area (Å²) in [5, 5.41) is 10.4. The van der Waals surface area contributed by atoms with Crippen molar-refractivity contribution in [1.82, 2.24) is 20.2 Å². The molecule has 3 aromatic carbocycles. The van der Waals surface area contributed by atoms with Crippen molar-refractivity contribution in [1.29, 1.82) is 0 Å². The van der Waals surface area contributed by atoms with Gasteiger partial charge in [-0.05, 0) is 82.2 Å². The number of aldehydes is 1. The van der Waals surface area contributed by atoms with E-state index in [0.717, 1.165) is 34.6 Å². The van der Waals surface area contributed by atoms with Crippen molar-refractivity contribution < 1.29 is 23.9 Å². The third kappa shape index (κ3) is 10.5. The summed E-state index contributed by atoms with van der Waals surface area (Å²) in [6.07, 6.45) is 5.83. The van der Waals surface area contributed by atoms with Gasteiger partial charge in [-0.25, -0.2) is 9.78 Å². The number of carbonyl (C=O) groups excluding carboxylic acids is 4. The topological polar surface area (TPSA) is 131 Å². The predicted molar refractivity (Wildman–Crippen MR) is 183 cm³/mol. The highest BCUT2D eigenvalue weighted by Crippen LogP contribution is 2.24. The van der Waals surface area contributed by atoms with Crippen LogP contribution in [0.5, 0.6) is 0 Å². The number of anilines is 1. The Hall–Kier alpha value is -4.99. The van der Waals surface area contributed by atoms with Crippen LogP contribution in [0, 0.1) is 0 Å². The van der Waals surface area contributed by atoms with E-state index in [1.807, 2.05) is 77.4 Å². The number of nitrogens with zero attached hydrogens (tertiary/aromatic N) is 2. The van der Waals surface area contributed by atoms with Crippen LogP contribution in [0.4, 0.5) is 10.6 Å². The van der Waals surface area contributed by atoms with Crippen molar-refractivity contribution in [3.05, 3.63) is 96.4 Å². The summed E-state index contributed by atoms with van der Waals surface area (Å²) in [5.41, 5.74) is -0.00142. The molecule has 1 heterocycles. The van der Waals surface area contributed by atoms with Gasteiger partial charge in [0, 0.05) is 18.7 Å². The number of aryl methyl sites for hydroxylation is 2. The highest BCUT2D eigenvalue weighted by molar-refractivity contribution is 5.98. The lowest BCUT2D eigenvalue weighted by Crippen LogP contribution is -2.58. The molecule has 0 aliphatic carbocycles. The molecule has 10 heteroatoms. The SMILES string of the molecule is CC(C)(C)OC(=O)NC(C)(C)C(=O)NC(CCCc1ccccc1)C(=O)Nc1cn(CCC(C=O)c2ccc3ccccc3c2)cn1. The Morgan fingerprint density at radius 2 is 1.62 bits per heavy atom. The first-order valence-electron chi connectivity index (χ1n) is 16.0. The van der Waals surface area contributed by atoms with Crippen LogP contribution in [0.2, 0.25) is 0 Å². The molecule has 0 saturated carbocycles. The molecule has 3 N–H and O–H groups in total. The van der Waals surface area contributed by atoms with Crippen LogP contribution in [0.3, 0.4) is 0 Å². The molecule has 47 heavy (non-hydrogen) atoms. The zero-order valence-corrected chi connectivity index (χ0v) is 27.8. The Morgan fingerprint density at radius 1 is 0.915 bits per heavy atom. The summed E-state index contributed by atoms with van der Waals surface area (Å²) < 4.78 is 7.14. The minimum absolute atomic E-state index is 0.290. The maximum Gasteiger partial charge on any atom is 0.408 e. The van der Waals surface area contributed by atoms with Gasteiger partial charge < -0.3 is 30.0 Å². The van der Waals surface area contributed by atoms with Crippen molar-refractivity contribution in [3.8, 4) is 0 Å². The third-order valence-electron chi connectivity index (χ3n) is 7.75. The monoisotopic (exact) mass is 639 g/mol. The van der Waals surface area contributed by atoms with Gasteiger partial charge in [0.2, 0.25) is 11.8 Å². The van der Waals surface area contributed by atoms with E-state index >= 15 is 0 Å². The quantitative estimate of drug-likeness (QED) is 0.142. The number of aromatic nitrogens is 2. The fourth-order valence-electron chi connectivity index (χ4n) is 5.18. The molecule has 0 radical (unpaired) electrons. The molecule has 10 nitrogen and oxygen atoms in total. The van der Waals surface area contributed by atoms with E-state index in [-0.39, 0.29) is 5.92 Å². The number of alkyl carbamates (subject to hydrolysis) is 1. The number of rotatable bonds is 14. The molecule has 0 fully saturated rings. The molecule has 0 bridgehead atoms. The van der Waals surface area contributed by atoms with Gasteiger partial charge in [-0.3, -0.25) is 9.59 Å². The average Bonchev–Trinajstić information content (AvgIpc) is 3.46. The summed E-state index contributed by atoms with van der Waals surface area (Å²) in [6.45, 7) is 8.83. The second-order valence-corrected chi connectivity index (χ2v) is 13.3. The van der Waals surface area contributed by atoms with Crippen LogP contribution in [0.15, 0.2) is 85.3 Å². The van der Waals surface area contributed by atoms with Gasteiger partial charge in [0.25, 0.3) is 0 Å². The number of hydrogen-bond donors (Lipinski definition) is 3. The summed E-state index contributed by atoms with van der Waals surface area (Å²) in [6, 6.07) is 23.1. The lowest BCUT2D eigenvalue weighted by atomic mass is 9.95. The molecular formula is C37H45N5O5. The molecule has 0 aliphatic rings. The number of imidazole rings is 1. The summed E-state index contributed by atoms with van der Waals surface area (Å²) >= 11 is 0. The van der Waals surface area contributed by atoms with Gasteiger partial charge in [-0.15, -0.1) is 0 Å². The molecule has 0 saturated heterocycles. The van der Waals surface area contributed by atoms with E-state index in [0.29, 0.717) is 31.6 Å². The fourth-order valence-corrected chi connectivity index (χ4v) is 5.18. The van der Waals surface area contributed by atoms with Crippen LogP contribution in [0.25, 0.3) is 10.8 Å². The number of hydrogen-bond acceptors (Lipinski definition) is 6. The van der Waals surface area contributed by atoms with Crippen LogP contribution in [-0.2, 0) is 32.1 Å². The zero-order chi connectivity index (χ0) is 34.0. The number of ether oxygens (including phenoxy) is 1. The normalized spacial score (nSPS) is 13.0. The van der Waals surface area contributed by atoms with Crippen LogP contribution in [0.1, 0.15) is 70.9 Å². The Balaban J connectivity index is 1.39. The van der Waals surface area contributed by atoms with Gasteiger partial charge in [-0.2, -0.15) is 0 Å². The first-order valence-corrected chi connectivity index (χ1v) is 16.0. The van der Waals surface area contributed by atoms with Gasteiger partial charge in [0.1, 0.15) is 23.5 Å². The summed E-state index contributed by atoms with van der Waals surface area (Å²) in [5.74, 6) is -0.910. The van der Waals surface area contributed by atoms with Crippen molar-refractivity contribution >= 4 is 40.8 Å². The predicted octanol–water partition coefficient (Wildman–Crippen LogP) is 6.16. The Bertz CT molecular complexity index is 1680. The Labute approximate surface area is 276 Å².